The highest BCUT2D eigenvalue weighted by molar-refractivity contribution is 9.10. The van der Waals surface area contributed by atoms with E-state index in [4.69, 9.17) is 9.47 Å². The van der Waals surface area contributed by atoms with E-state index in [2.05, 4.69) is 26.6 Å². The fraction of sp³-hybridized carbons (Fsp3) is 0.240. The highest BCUT2D eigenvalue weighted by Crippen LogP contribution is 2.37. The molecule has 0 radical (unpaired) electrons. The van der Waals surface area contributed by atoms with Crippen LogP contribution in [0, 0.1) is 5.92 Å². The van der Waals surface area contributed by atoms with Crippen LogP contribution in [0.3, 0.4) is 0 Å². The van der Waals surface area contributed by atoms with E-state index < -0.39 is 0 Å². The van der Waals surface area contributed by atoms with Crippen LogP contribution in [0.15, 0.2) is 71.2 Å². The zero-order valence-electron chi connectivity index (χ0n) is 17.9. The lowest BCUT2D eigenvalue weighted by Crippen LogP contribution is -2.17. The van der Waals surface area contributed by atoms with Gasteiger partial charge < -0.3 is 20.1 Å². The minimum absolute atomic E-state index is 0.00114. The number of rotatable bonds is 9. The zero-order valence-corrected chi connectivity index (χ0v) is 19.5. The summed E-state index contributed by atoms with van der Waals surface area (Å²) in [6.07, 6.45) is 0. The first kappa shape index (κ1) is 22.7. The van der Waals surface area contributed by atoms with Gasteiger partial charge in [-0.1, -0.05) is 60.1 Å². The lowest BCUT2D eigenvalue weighted by atomic mass is 10.1. The number of amides is 1. The number of carbonyl (C=O) groups is 1. The number of ether oxygens (including phenoxy) is 2. The van der Waals surface area contributed by atoms with Crippen LogP contribution in [0.5, 0.6) is 11.5 Å². The SMILES string of the molecule is COc1ccc(Br)c(CNc2ccc(NC(=O)C(C)C)cc2)c1OCc1ccccc1. The van der Waals surface area contributed by atoms with Gasteiger partial charge in [-0.15, -0.1) is 0 Å². The van der Waals surface area contributed by atoms with Crippen LogP contribution in [0.1, 0.15) is 25.0 Å². The fourth-order valence-corrected chi connectivity index (χ4v) is 3.40. The quantitative estimate of drug-likeness (QED) is 0.378. The van der Waals surface area contributed by atoms with E-state index in [0.717, 1.165) is 27.0 Å². The molecular formula is C25H27BrN2O3. The maximum Gasteiger partial charge on any atom is 0.226 e. The number of hydrogen-bond acceptors (Lipinski definition) is 4. The number of methoxy groups -OCH3 is 1. The molecule has 2 N–H and O–H groups in total. The molecule has 3 rings (SSSR count). The van der Waals surface area contributed by atoms with E-state index in [1.54, 1.807) is 7.11 Å². The third-order valence-electron chi connectivity index (χ3n) is 4.76. The van der Waals surface area contributed by atoms with Crippen molar-refractivity contribution in [1.82, 2.24) is 0 Å². The van der Waals surface area contributed by atoms with Gasteiger partial charge in [0.1, 0.15) is 6.61 Å². The van der Waals surface area contributed by atoms with Crippen molar-refractivity contribution in [2.75, 3.05) is 17.7 Å². The topological polar surface area (TPSA) is 59.6 Å². The van der Waals surface area contributed by atoms with E-state index in [1.165, 1.54) is 0 Å². The van der Waals surface area contributed by atoms with Crippen molar-refractivity contribution in [3.8, 4) is 11.5 Å². The van der Waals surface area contributed by atoms with E-state index in [1.807, 2.05) is 80.6 Å². The molecule has 5 nitrogen and oxygen atoms in total. The Bertz CT molecular complexity index is 1010. The Morgan fingerprint density at radius 3 is 2.29 bits per heavy atom. The highest BCUT2D eigenvalue weighted by atomic mass is 79.9. The van der Waals surface area contributed by atoms with Crippen LogP contribution in [-0.2, 0) is 17.9 Å². The average molecular weight is 483 g/mol. The molecule has 1 amide bonds. The Morgan fingerprint density at radius 1 is 0.968 bits per heavy atom. The Kier molecular flexibility index (Phi) is 7.95. The number of hydrogen-bond donors (Lipinski definition) is 2. The Balaban J connectivity index is 1.72. The molecule has 0 aliphatic rings. The third-order valence-corrected chi connectivity index (χ3v) is 5.50. The van der Waals surface area contributed by atoms with Gasteiger partial charge in [0.2, 0.25) is 5.91 Å². The molecule has 0 aliphatic carbocycles. The van der Waals surface area contributed by atoms with Gasteiger partial charge in [0.05, 0.1) is 7.11 Å². The number of benzene rings is 3. The van der Waals surface area contributed by atoms with Gasteiger partial charge in [-0.05, 0) is 42.0 Å². The van der Waals surface area contributed by atoms with E-state index in [0.29, 0.717) is 24.7 Å². The Labute approximate surface area is 191 Å². The molecule has 0 bridgehead atoms. The molecule has 0 aliphatic heterocycles. The average Bonchev–Trinajstić information content (AvgIpc) is 2.78. The van der Waals surface area contributed by atoms with Crippen LogP contribution < -0.4 is 20.1 Å². The smallest absolute Gasteiger partial charge is 0.226 e. The second-order valence-corrected chi connectivity index (χ2v) is 8.26. The van der Waals surface area contributed by atoms with Crippen LogP contribution >= 0.6 is 15.9 Å². The summed E-state index contributed by atoms with van der Waals surface area (Å²) in [6, 6.07) is 21.5. The molecule has 162 valence electrons. The van der Waals surface area contributed by atoms with Crippen molar-refractivity contribution < 1.29 is 14.3 Å². The molecule has 0 saturated heterocycles. The maximum atomic E-state index is 11.8. The molecule has 0 spiro atoms. The van der Waals surface area contributed by atoms with Gasteiger partial charge in [0.15, 0.2) is 11.5 Å². The van der Waals surface area contributed by atoms with E-state index >= 15 is 0 Å². The lowest BCUT2D eigenvalue weighted by molar-refractivity contribution is -0.118. The van der Waals surface area contributed by atoms with Gasteiger partial charge in [0, 0.05) is 33.9 Å². The third kappa shape index (κ3) is 6.25. The highest BCUT2D eigenvalue weighted by Gasteiger charge is 2.15. The first-order chi connectivity index (χ1) is 15.0. The molecular weight excluding hydrogens is 456 g/mol. The maximum absolute atomic E-state index is 11.8. The van der Waals surface area contributed by atoms with Gasteiger partial charge in [-0.25, -0.2) is 0 Å². The van der Waals surface area contributed by atoms with Crippen molar-refractivity contribution in [3.05, 3.63) is 82.3 Å². The second kappa shape index (κ2) is 10.9. The summed E-state index contributed by atoms with van der Waals surface area (Å²) in [6.45, 7) is 4.73. The molecule has 0 fully saturated rings. The minimum atomic E-state index is -0.0579. The summed E-state index contributed by atoms with van der Waals surface area (Å²) >= 11 is 3.64. The van der Waals surface area contributed by atoms with Gasteiger partial charge in [0.25, 0.3) is 0 Å². The molecule has 3 aromatic carbocycles. The lowest BCUT2D eigenvalue weighted by Gasteiger charge is -2.18. The van der Waals surface area contributed by atoms with Gasteiger partial charge in [-0.3, -0.25) is 4.79 Å². The molecule has 0 unspecified atom stereocenters. The molecule has 0 atom stereocenters. The second-order valence-electron chi connectivity index (χ2n) is 7.41. The zero-order chi connectivity index (χ0) is 22.2. The number of nitrogens with one attached hydrogen (secondary N) is 2. The molecule has 6 heteroatoms. The first-order valence-electron chi connectivity index (χ1n) is 10.1. The van der Waals surface area contributed by atoms with Crippen molar-refractivity contribution in [2.45, 2.75) is 27.0 Å². The van der Waals surface area contributed by atoms with Crippen LogP contribution in [0.25, 0.3) is 0 Å². The summed E-state index contributed by atoms with van der Waals surface area (Å²) in [4.78, 5) is 11.8. The van der Waals surface area contributed by atoms with E-state index in [9.17, 15) is 4.79 Å². The summed E-state index contributed by atoms with van der Waals surface area (Å²) in [5.41, 5.74) is 3.76. The molecule has 0 saturated carbocycles. The summed E-state index contributed by atoms with van der Waals surface area (Å²) in [5.74, 6) is 1.33. The Morgan fingerprint density at radius 2 is 1.65 bits per heavy atom. The van der Waals surface area contributed by atoms with Crippen LogP contribution in [-0.4, -0.2) is 13.0 Å². The molecule has 0 heterocycles. The van der Waals surface area contributed by atoms with Crippen molar-refractivity contribution in [2.24, 2.45) is 5.92 Å². The van der Waals surface area contributed by atoms with Gasteiger partial charge in [-0.2, -0.15) is 0 Å². The largest absolute Gasteiger partial charge is 0.493 e. The van der Waals surface area contributed by atoms with Crippen molar-refractivity contribution in [1.29, 1.82) is 0 Å². The minimum Gasteiger partial charge on any atom is -0.493 e. The normalized spacial score (nSPS) is 10.6. The molecule has 3 aromatic rings. The summed E-state index contributed by atoms with van der Waals surface area (Å²) in [7, 11) is 1.64. The monoisotopic (exact) mass is 482 g/mol. The van der Waals surface area contributed by atoms with Crippen LogP contribution in [0.2, 0.25) is 0 Å². The first-order valence-corrected chi connectivity index (χ1v) is 10.9. The fourth-order valence-electron chi connectivity index (χ4n) is 2.94. The number of carbonyl (C=O) groups excluding carboxylic acids is 1. The van der Waals surface area contributed by atoms with Gasteiger partial charge >= 0.3 is 0 Å². The molecule has 0 aromatic heterocycles. The predicted octanol–water partition coefficient (Wildman–Crippen LogP) is 6.24. The van der Waals surface area contributed by atoms with Crippen molar-refractivity contribution in [3.63, 3.8) is 0 Å². The Hall–Kier alpha value is -2.99. The molecule has 31 heavy (non-hydrogen) atoms. The summed E-state index contributed by atoms with van der Waals surface area (Å²) in [5, 5.41) is 6.31. The number of halogens is 1. The van der Waals surface area contributed by atoms with E-state index in [-0.39, 0.29) is 11.8 Å². The van der Waals surface area contributed by atoms with Crippen LogP contribution in [0.4, 0.5) is 11.4 Å². The number of anilines is 2. The predicted molar refractivity (Wildman–Crippen MR) is 129 cm³/mol. The summed E-state index contributed by atoms with van der Waals surface area (Å²) < 4.78 is 12.6. The standard InChI is InChI=1S/C25H27BrN2O3/c1-17(2)25(29)28-20-11-9-19(10-12-20)27-15-21-22(26)13-14-23(30-3)24(21)31-16-18-7-5-4-6-8-18/h4-14,17,27H,15-16H2,1-3H3,(H,28,29). The van der Waals surface area contributed by atoms with Crippen molar-refractivity contribution >= 4 is 33.2 Å².